The van der Waals surface area contributed by atoms with E-state index in [0.29, 0.717) is 10.7 Å². The molecule has 2 heterocycles. The monoisotopic (exact) mass is 462 g/mol. The van der Waals surface area contributed by atoms with E-state index in [0.717, 1.165) is 21.4 Å². The summed E-state index contributed by atoms with van der Waals surface area (Å²) in [6.07, 6.45) is 0. The second-order valence-electron chi connectivity index (χ2n) is 5.96. The van der Waals surface area contributed by atoms with Crippen molar-refractivity contribution in [1.29, 1.82) is 0 Å². The summed E-state index contributed by atoms with van der Waals surface area (Å²) in [7, 11) is 0. The lowest BCUT2D eigenvalue weighted by Gasteiger charge is -2.11. The van der Waals surface area contributed by atoms with Gasteiger partial charge in [0.05, 0.1) is 10.6 Å². The normalized spacial score (nSPS) is 10.9. The first-order valence-corrected chi connectivity index (χ1v) is 10.3. The van der Waals surface area contributed by atoms with Crippen molar-refractivity contribution in [2.45, 2.75) is 6.92 Å². The van der Waals surface area contributed by atoms with Crippen molar-refractivity contribution >= 4 is 68.4 Å². The van der Waals surface area contributed by atoms with Crippen LogP contribution in [-0.4, -0.2) is 30.8 Å². The van der Waals surface area contributed by atoms with E-state index in [1.54, 1.807) is 16.6 Å². The molecular weight excluding hydrogens is 451 g/mol. The maximum absolute atomic E-state index is 12.4. The van der Waals surface area contributed by atoms with E-state index in [4.69, 9.17) is 35.4 Å². The fourth-order valence-electron chi connectivity index (χ4n) is 2.57. The molecule has 0 aliphatic carbocycles. The van der Waals surface area contributed by atoms with Crippen molar-refractivity contribution in [1.82, 2.24) is 25.1 Å². The Kier molecular flexibility index (Phi) is 5.46. The van der Waals surface area contributed by atoms with Gasteiger partial charge in [0, 0.05) is 16.3 Å². The maximum Gasteiger partial charge on any atom is 0.258 e. The van der Waals surface area contributed by atoms with Crippen molar-refractivity contribution in [2.24, 2.45) is 0 Å². The Morgan fingerprint density at radius 3 is 2.79 bits per heavy atom. The van der Waals surface area contributed by atoms with Gasteiger partial charge in [0.25, 0.3) is 5.91 Å². The molecule has 2 N–H and O–H groups in total. The summed E-state index contributed by atoms with van der Waals surface area (Å²) in [5.74, 6) is 0.274. The lowest BCUT2D eigenvalue weighted by atomic mass is 10.2. The van der Waals surface area contributed by atoms with Crippen LogP contribution in [0, 0.1) is 6.92 Å². The van der Waals surface area contributed by atoms with E-state index in [-0.39, 0.29) is 15.7 Å². The zero-order valence-electron chi connectivity index (χ0n) is 14.8. The van der Waals surface area contributed by atoms with Gasteiger partial charge in [-0.1, -0.05) is 46.7 Å². The number of nitrogens with one attached hydrogen (secondary N) is 2. The zero-order chi connectivity index (χ0) is 20.5. The number of halogens is 2. The molecule has 11 heteroatoms. The molecule has 0 saturated heterocycles. The predicted octanol–water partition coefficient (Wildman–Crippen LogP) is 4.59. The largest absolute Gasteiger partial charge is 0.332 e. The number of carbonyl (C=O) groups excluding carboxylic acids is 1. The van der Waals surface area contributed by atoms with E-state index in [1.165, 1.54) is 17.4 Å². The SMILES string of the molecule is Cc1nnc2sc(-c3cccc(NC(=S)NC(=O)c4cc(Cl)ccc4Cl)c3)nn12. The highest BCUT2D eigenvalue weighted by Gasteiger charge is 2.14. The van der Waals surface area contributed by atoms with E-state index in [2.05, 4.69) is 25.9 Å². The molecule has 2 aromatic heterocycles. The van der Waals surface area contributed by atoms with Gasteiger partial charge < -0.3 is 5.32 Å². The number of aryl methyl sites for hydroxylation is 1. The molecule has 4 rings (SSSR count). The summed E-state index contributed by atoms with van der Waals surface area (Å²) < 4.78 is 1.69. The summed E-state index contributed by atoms with van der Waals surface area (Å²) in [4.78, 5) is 13.1. The smallest absolute Gasteiger partial charge is 0.258 e. The number of fused-ring (bicyclic) bond motifs is 1. The number of benzene rings is 2. The number of thiocarbonyl (C=S) groups is 1. The molecule has 0 fully saturated rings. The van der Waals surface area contributed by atoms with Crippen LogP contribution < -0.4 is 10.6 Å². The van der Waals surface area contributed by atoms with E-state index >= 15 is 0 Å². The minimum absolute atomic E-state index is 0.136. The van der Waals surface area contributed by atoms with Gasteiger partial charge in [-0.05, 0) is 49.5 Å². The zero-order valence-corrected chi connectivity index (χ0v) is 18.0. The number of anilines is 1. The molecule has 0 spiro atoms. The molecule has 0 aliphatic heterocycles. The molecule has 0 unspecified atom stereocenters. The van der Waals surface area contributed by atoms with Crippen LogP contribution in [0.1, 0.15) is 16.2 Å². The van der Waals surface area contributed by atoms with Crippen molar-refractivity contribution in [3.05, 3.63) is 63.9 Å². The first-order chi connectivity index (χ1) is 13.9. The molecule has 0 atom stereocenters. The van der Waals surface area contributed by atoms with Gasteiger partial charge in [-0.15, -0.1) is 10.2 Å². The van der Waals surface area contributed by atoms with Crippen LogP contribution in [-0.2, 0) is 0 Å². The molecule has 1 amide bonds. The van der Waals surface area contributed by atoms with Crippen LogP contribution >= 0.6 is 46.8 Å². The lowest BCUT2D eigenvalue weighted by molar-refractivity contribution is 0.0978. The molecule has 0 saturated carbocycles. The van der Waals surface area contributed by atoms with Crippen LogP contribution in [0.5, 0.6) is 0 Å². The molecule has 4 aromatic rings. The van der Waals surface area contributed by atoms with Crippen LogP contribution in [0.3, 0.4) is 0 Å². The summed E-state index contributed by atoms with van der Waals surface area (Å²) in [6, 6.07) is 12.2. The van der Waals surface area contributed by atoms with Gasteiger partial charge in [0.2, 0.25) is 4.96 Å². The second kappa shape index (κ2) is 8.03. The molecule has 0 radical (unpaired) electrons. The molecule has 7 nitrogen and oxygen atoms in total. The number of aromatic nitrogens is 4. The third-order valence-corrected chi connectivity index (χ3v) is 5.63. The minimum atomic E-state index is -0.449. The molecule has 0 bridgehead atoms. The number of hydrogen-bond donors (Lipinski definition) is 2. The van der Waals surface area contributed by atoms with Crippen molar-refractivity contribution in [2.75, 3.05) is 5.32 Å². The van der Waals surface area contributed by atoms with Crippen molar-refractivity contribution in [3.8, 4) is 10.6 Å². The third-order valence-electron chi connectivity index (χ3n) is 3.91. The van der Waals surface area contributed by atoms with Crippen LogP contribution in [0.25, 0.3) is 15.5 Å². The van der Waals surface area contributed by atoms with Gasteiger partial charge in [0.1, 0.15) is 5.01 Å². The fourth-order valence-corrected chi connectivity index (χ4v) is 4.03. The number of rotatable bonds is 3. The Morgan fingerprint density at radius 2 is 2.00 bits per heavy atom. The fraction of sp³-hybridized carbons (Fsp3) is 0.0556. The number of nitrogens with zero attached hydrogens (tertiary/aromatic N) is 4. The van der Waals surface area contributed by atoms with Gasteiger partial charge >= 0.3 is 0 Å². The van der Waals surface area contributed by atoms with Crippen LogP contribution in [0.2, 0.25) is 10.0 Å². The van der Waals surface area contributed by atoms with Crippen LogP contribution in [0.4, 0.5) is 5.69 Å². The van der Waals surface area contributed by atoms with Crippen molar-refractivity contribution < 1.29 is 4.79 Å². The van der Waals surface area contributed by atoms with E-state index < -0.39 is 5.91 Å². The van der Waals surface area contributed by atoms with E-state index in [9.17, 15) is 4.79 Å². The lowest BCUT2D eigenvalue weighted by Crippen LogP contribution is -2.34. The summed E-state index contributed by atoms with van der Waals surface area (Å²) in [5.41, 5.74) is 1.83. The minimum Gasteiger partial charge on any atom is -0.332 e. The molecule has 2 aromatic carbocycles. The molecular formula is C18H12Cl2N6OS2. The average Bonchev–Trinajstić information content (AvgIpc) is 3.26. The summed E-state index contributed by atoms with van der Waals surface area (Å²) in [6.45, 7) is 1.84. The van der Waals surface area contributed by atoms with Gasteiger partial charge in [0.15, 0.2) is 10.9 Å². The Bertz CT molecular complexity index is 1250. The Labute approximate surface area is 184 Å². The Hall–Kier alpha value is -2.59. The highest BCUT2D eigenvalue weighted by molar-refractivity contribution is 7.80. The number of carbonyl (C=O) groups is 1. The summed E-state index contributed by atoms with van der Waals surface area (Å²) >= 11 is 18.7. The van der Waals surface area contributed by atoms with E-state index in [1.807, 2.05) is 31.2 Å². The molecule has 29 heavy (non-hydrogen) atoms. The van der Waals surface area contributed by atoms with Gasteiger partial charge in [-0.25, -0.2) is 0 Å². The molecule has 0 aliphatic rings. The number of hydrogen-bond acceptors (Lipinski definition) is 6. The first kappa shape index (κ1) is 19.7. The Balaban J connectivity index is 1.49. The average molecular weight is 463 g/mol. The Morgan fingerprint density at radius 1 is 1.17 bits per heavy atom. The second-order valence-corrected chi connectivity index (χ2v) is 8.17. The van der Waals surface area contributed by atoms with Gasteiger partial charge in [-0.2, -0.15) is 9.61 Å². The topological polar surface area (TPSA) is 84.2 Å². The first-order valence-electron chi connectivity index (χ1n) is 8.27. The highest BCUT2D eigenvalue weighted by atomic mass is 35.5. The maximum atomic E-state index is 12.4. The predicted molar refractivity (Wildman–Crippen MR) is 119 cm³/mol. The highest BCUT2D eigenvalue weighted by Crippen LogP contribution is 2.27. The third kappa shape index (κ3) is 4.23. The van der Waals surface area contributed by atoms with Crippen molar-refractivity contribution in [3.63, 3.8) is 0 Å². The molecule has 146 valence electrons. The number of amides is 1. The van der Waals surface area contributed by atoms with Crippen LogP contribution in [0.15, 0.2) is 42.5 Å². The standard InChI is InChI=1S/C18H12Cl2N6OS2/c1-9-23-24-18-26(9)25-16(29-18)10-3-2-4-12(7-10)21-17(28)22-15(27)13-8-11(19)5-6-14(13)20/h2-8H,1H3,(H2,21,22,27,28). The quantitative estimate of drug-likeness (QED) is 0.433. The summed E-state index contributed by atoms with van der Waals surface area (Å²) in [5, 5.41) is 19.8. The van der Waals surface area contributed by atoms with Gasteiger partial charge in [-0.3, -0.25) is 10.1 Å².